The summed E-state index contributed by atoms with van der Waals surface area (Å²) in [6.07, 6.45) is 0. The summed E-state index contributed by atoms with van der Waals surface area (Å²) in [6.45, 7) is 1.70. The van der Waals surface area contributed by atoms with E-state index in [0.29, 0.717) is 16.9 Å². The summed E-state index contributed by atoms with van der Waals surface area (Å²) in [5, 5.41) is 11.9. The number of hydrogen-bond donors (Lipinski definition) is 2. The van der Waals surface area contributed by atoms with E-state index in [1.807, 2.05) is 0 Å². The van der Waals surface area contributed by atoms with Gasteiger partial charge in [0.2, 0.25) is 0 Å². The van der Waals surface area contributed by atoms with E-state index in [4.69, 9.17) is 4.74 Å². The van der Waals surface area contributed by atoms with Crippen LogP contribution in [0, 0.1) is 6.92 Å². The van der Waals surface area contributed by atoms with Crippen LogP contribution in [0.5, 0.6) is 5.75 Å². The number of methoxy groups -OCH3 is 1. The van der Waals surface area contributed by atoms with Gasteiger partial charge in [0, 0.05) is 11.1 Å². The number of ether oxygens (including phenoxy) is 1. The lowest BCUT2D eigenvalue weighted by Gasteiger charge is -2.14. The molecule has 0 radical (unpaired) electrons. The number of carbonyl (C=O) groups is 2. The molecule has 5 heteroatoms. The molecule has 2 rings (SSSR count). The predicted molar refractivity (Wildman–Crippen MR) is 79.1 cm³/mol. The first-order valence-corrected chi connectivity index (χ1v) is 6.32. The zero-order chi connectivity index (χ0) is 15.4. The van der Waals surface area contributed by atoms with Crippen LogP contribution in [0.4, 0.5) is 5.69 Å². The van der Waals surface area contributed by atoms with Gasteiger partial charge in [-0.2, -0.15) is 0 Å². The van der Waals surface area contributed by atoms with Crippen molar-refractivity contribution in [3.63, 3.8) is 0 Å². The van der Waals surface area contributed by atoms with E-state index in [0.717, 1.165) is 0 Å². The molecule has 2 aromatic carbocycles. The normalized spacial score (nSPS) is 10.0. The molecule has 0 unspecified atom stereocenters. The van der Waals surface area contributed by atoms with Gasteiger partial charge in [0.05, 0.1) is 18.4 Å². The summed E-state index contributed by atoms with van der Waals surface area (Å²) in [6, 6.07) is 11.6. The fourth-order valence-electron chi connectivity index (χ4n) is 2.03. The smallest absolute Gasteiger partial charge is 0.337 e. The summed E-state index contributed by atoms with van der Waals surface area (Å²) in [5.41, 5.74) is 1.30. The van der Waals surface area contributed by atoms with Crippen LogP contribution in [0.1, 0.15) is 26.3 Å². The average molecular weight is 285 g/mol. The lowest BCUT2D eigenvalue weighted by Crippen LogP contribution is -2.16. The van der Waals surface area contributed by atoms with Crippen molar-refractivity contribution in [3.05, 3.63) is 59.2 Å². The first-order chi connectivity index (χ1) is 10.0. The molecular formula is C16H15NO4. The summed E-state index contributed by atoms with van der Waals surface area (Å²) in [7, 11) is 1.49. The van der Waals surface area contributed by atoms with Gasteiger partial charge < -0.3 is 15.2 Å². The number of benzene rings is 2. The second kappa shape index (κ2) is 6.09. The minimum Gasteiger partial charge on any atom is -0.496 e. The maximum atomic E-state index is 12.2. The first kappa shape index (κ1) is 14.6. The van der Waals surface area contributed by atoms with Crippen molar-refractivity contribution >= 4 is 17.6 Å². The number of rotatable bonds is 4. The molecule has 0 aliphatic carbocycles. The minimum atomic E-state index is -1.11. The number of hydrogen-bond acceptors (Lipinski definition) is 3. The highest BCUT2D eigenvalue weighted by atomic mass is 16.5. The van der Waals surface area contributed by atoms with Gasteiger partial charge in [-0.05, 0) is 31.2 Å². The Balaban J connectivity index is 2.43. The molecule has 108 valence electrons. The zero-order valence-corrected chi connectivity index (χ0v) is 11.7. The van der Waals surface area contributed by atoms with Crippen molar-refractivity contribution in [1.29, 1.82) is 0 Å². The molecule has 0 fully saturated rings. The molecule has 0 atom stereocenters. The SMILES string of the molecule is COc1ccc(C(=O)O)c(NC(=O)c2ccccc2)c1C. The van der Waals surface area contributed by atoms with E-state index in [1.165, 1.54) is 13.2 Å². The Labute approximate surface area is 122 Å². The largest absolute Gasteiger partial charge is 0.496 e. The maximum absolute atomic E-state index is 12.2. The Hall–Kier alpha value is -2.82. The third-order valence-corrected chi connectivity index (χ3v) is 3.14. The molecule has 0 aliphatic heterocycles. The van der Waals surface area contributed by atoms with Crippen molar-refractivity contribution < 1.29 is 19.4 Å². The number of anilines is 1. The summed E-state index contributed by atoms with van der Waals surface area (Å²) in [4.78, 5) is 23.5. The Morgan fingerprint density at radius 1 is 1.10 bits per heavy atom. The number of aromatic carboxylic acids is 1. The van der Waals surface area contributed by atoms with Crippen molar-refractivity contribution in [2.45, 2.75) is 6.92 Å². The molecule has 0 aliphatic rings. The van der Waals surface area contributed by atoms with E-state index < -0.39 is 5.97 Å². The Morgan fingerprint density at radius 3 is 2.33 bits per heavy atom. The van der Waals surface area contributed by atoms with Crippen LogP contribution in [0.2, 0.25) is 0 Å². The van der Waals surface area contributed by atoms with E-state index >= 15 is 0 Å². The van der Waals surface area contributed by atoms with Crippen LogP contribution in [-0.2, 0) is 0 Å². The van der Waals surface area contributed by atoms with E-state index in [1.54, 1.807) is 43.3 Å². The molecule has 0 spiro atoms. The fourth-order valence-corrected chi connectivity index (χ4v) is 2.03. The predicted octanol–water partition coefficient (Wildman–Crippen LogP) is 2.95. The van der Waals surface area contributed by atoms with E-state index in [2.05, 4.69) is 5.32 Å². The van der Waals surface area contributed by atoms with Crippen LogP contribution in [-0.4, -0.2) is 24.1 Å². The molecular weight excluding hydrogens is 270 g/mol. The highest BCUT2D eigenvalue weighted by molar-refractivity contribution is 6.08. The average Bonchev–Trinajstić information content (AvgIpc) is 2.49. The monoisotopic (exact) mass is 285 g/mol. The van der Waals surface area contributed by atoms with Gasteiger partial charge in [-0.25, -0.2) is 4.79 Å². The molecule has 2 N–H and O–H groups in total. The second-order valence-electron chi connectivity index (χ2n) is 4.44. The van der Waals surface area contributed by atoms with Crippen LogP contribution in [0.25, 0.3) is 0 Å². The van der Waals surface area contributed by atoms with Crippen LogP contribution < -0.4 is 10.1 Å². The van der Waals surface area contributed by atoms with E-state index in [9.17, 15) is 14.7 Å². The lowest BCUT2D eigenvalue weighted by atomic mass is 10.1. The first-order valence-electron chi connectivity index (χ1n) is 6.32. The highest BCUT2D eigenvalue weighted by Crippen LogP contribution is 2.29. The van der Waals surface area contributed by atoms with Crippen LogP contribution in [0.15, 0.2) is 42.5 Å². The molecule has 21 heavy (non-hydrogen) atoms. The van der Waals surface area contributed by atoms with Gasteiger partial charge in [-0.3, -0.25) is 4.79 Å². The van der Waals surface area contributed by atoms with Crippen molar-refractivity contribution in [1.82, 2.24) is 0 Å². The maximum Gasteiger partial charge on any atom is 0.337 e. The molecule has 1 amide bonds. The molecule has 0 saturated heterocycles. The summed E-state index contributed by atoms with van der Waals surface area (Å²) in [5.74, 6) is -0.957. The summed E-state index contributed by atoms with van der Waals surface area (Å²) >= 11 is 0. The number of carbonyl (C=O) groups excluding carboxylic acids is 1. The van der Waals surface area contributed by atoms with Gasteiger partial charge in [-0.1, -0.05) is 18.2 Å². The van der Waals surface area contributed by atoms with Crippen molar-refractivity contribution in [2.75, 3.05) is 12.4 Å². The Morgan fingerprint density at radius 2 is 1.76 bits per heavy atom. The molecule has 2 aromatic rings. The number of carboxylic acid groups (broad SMARTS) is 1. The fraction of sp³-hybridized carbons (Fsp3) is 0.125. The Kier molecular flexibility index (Phi) is 4.23. The van der Waals surface area contributed by atoms with Crippen LogP contribution in [0.3, 0.4) is 0 Å². The minimum absolute atomic E-state index is 0.0255. The second-order valence-corrected chi connectivity index (χ2v) is 4.44. The Bertz CT molecular complexity index is 680. The van der Waals surface area contributed by atoms with Crippen molar-refractivity contribution in [3.8, 4) is 5.75 Å². The topological polar surface area (TPSA) is 75.6 Å². The zero-order valence-electron chi connectivity index (χ0n) is 11.7. The molecule has 0 aromatic heterocycles. The summed E-state index contributed by atoms with van der Waals surface area (Å²) < 4.78 is 5.16. The van der Waals surface area contributed by atoms with Gasteiger partial charge in [-0.15, -0.1) is 0 Å². The standard InChI is InChI=1S/C16H15NO4/c1-10-13(21-2)9-8-12(16(19)20)14(10)17-15(18)11-6-4-3-5-7-11/h3-9H,1-2H3,(H,17,18)(H,19,20). The number of carboxylic acids is 1. The quantitative estimate of drug-likeness (QED) is 0.905. The highest BCUT2D eigenvalue weighted by Gasteiger charge is 2.18. The molecule has 0 bridgehead atoms. The van der Waals surface area contributed by atoms with Crippen molar-refractivity contribution in [2.24, 2.45) is 0 Å². The third kappa shape index (κ3) is 3.02. The van der Waals surface area contributed by atoms with E-state index in [-0.39, 0.29) is 17.2 Å². The van der Waals surface area contributed by atoms with Gasteiger partial charge in [0.25, 0.3) is 5.91 Å². The third-order valence-electron chi connectivity index (χ3n) is 3.14. The lowest BCUT2D eigenvalue weighted by molar-refractivity contribution is 0.0698. The molecule has 0 heterocycles. The van der Waals surface area contributed by atoms with Crippen LogP contribution >= 0.6 is 0 Å². The van der Waals surface area contributed by atoms with Gasteiger partial charge in [0.15, 0.2) is 0 Å². The molecule has 5 nitrogen and oxygen atoms in total. The number of nitrogens with one attached hydrogen (secondary N) is 1. The molecule has 0 saturated carbocycles. The number of amides is 1. The van der Waals surface area contributed by atoms with Gasteiger partial charge >= 0.3 is 5.97 Å². The van der Waals surface area contributed by atoms with Gasteiger partial charge in [0.1, 0.15) is 5.75 Å².